The number of nitrogens with one attached hydrogen (secondary N) is 1. The molecule has 0 aliphatic carbocycles. The normalized spacial score (nSPS) is 16.1. The lowest BCUT2D eigenvalue weighted by molar-refractivity contribution is -0.115. The van der Waals surface area contributed by atoms with E-state index in [0.717, 1.165) is 5.56 Å². The Hall–Kier alpha value is -2.47. The second-order valence-electron chi connectivity index (χ2n) is 5.43. The van der Waals surface area contributed by atoms with Crippen LogP contribution in [0.15, 0.2) is 50.8 Å². The number of amides is 1. The van der Waals surface area contributed by atoms with Gasteiger partial charge < -0.3 is 14.8 Å². The van der Waals surface area contributed by atoms with E-state index in [2.05, 4.69) is 26.2 Å². The van der Waals surface area contributed by atoms with Crippen LogP contribution in [0.3, 0.4) is 0 Å². The van der Waals surface area contributed by atoms with Crippen LogP contribution in [0.4, 0.5) is 5.69 Å². The van der Waals surface area contributed by atoms with Crippen LogP contribution in [0.25, 0.3) is 6.08 Å². The van der Waals surface area contributed by atoms with Crippen molar-refractivity contribution in [3.05, 3.63) is 56.4 Å². The Morgan fingerprint density at radius 1 is 1.32 bits per heavy atom. The zero-order chi connectivity index (χ0) is 20.1. The fraction of sp³-hybridized carbons (Fsp3) is 0.105. The number of thioether (sulfide) groups is 1. The maximum Gasteiger partial charge on any atom is 0.264 e. The van der Waals surface area contributed by atoms with E-state index in [4.69, 9.17) is 26.3 Å². The molecule has 0 bridgehead atoms. The van der Waals surface area contributed by atoms with Crippen molar-refractivity contribution in [3.63, 3.8) is 0 Å². The Morgan fingerprint density at radius 3 is 2.75 bits per heavy atom. The first-order chi connectivity index (χ1) is 13.5. The number of nitriles is 1. The van der Waals surface area contributed by atoms with Crippen LogP contribution < -0.4 is 14.8 Å². The molecule has 1 fully saturated rings. The number of nitrogens with zero attached hydrogens (tertiary/aromatic N) is 2. The number of amidine groups is 1. The van der Waals surface area contributed by atoms with Gasteiger partial charge in [0.25, 0.3) is 5.91 Å². The molecule has 2 aromatic rings. The third-order valence-corrected chi connectivity index (χ3v) is 5.42. The van der Waals surface area contributed by atoms with E-state index in [0.29, 0.717) is 36.8 Å². The fourth-order valence-corrected chi connectivity index (χ4v) is 3.69. The standard InChI is InChI=1S/C19H13BrClN3O3S/c1-26-15-8-11(14(20)10-16(15)27-7-6-22)9-17-18(25)24-19(28-17)23-13-4-2-12(21)3-5-13/h2-5,8-10H,7H2,1H3,(H,23,24,25). The van der Waals surface area contributed by atoms with Crippen LogP contribution in [0, 0.1) is 11.3 Å². The molecule has 1 N–H and O–H groups in total. The highest BCUT2D eigenvalue weighted by molar-refractivity contribution is 9.10. The lowest BCUT2D eigenvalue weighted by Crippen LogP contribution is -2.19. The molecule has 9 heteroatoms. The van der Waals surface area contributed by atoms with Gasteiger partial charge in [0.1, 0.15) is 6.07 Å². The van der Waals surface area contributed by atoms with Crippen molar-refractivity contribution in [2.75, 3.05) is 13.7 Å². The number of hydrogen-bond donors (Lipinski definition) is 1. The predicted octanol–water partition coefficient (Wildman–Crippen LogP) is 4.91. The van der Waals surface area contributed by atoms with Crippen molar-refractivity contribution < 1.29 is 14.3 Å². The first kappa shape index (κ1) is 20.3. The predicted molar refractivity (Wildman–Crippen MR) is 114 cm³/mol. The summed E-state index contributed by atoms with van der Waals surface area (Å²) in [5.41, 5.74) is 1.42. The maximum absolute atomic E-state index is 12.3. The van der Waals surface area contributed by atoms with Gasteiger partial charge in [-0.05, 0) is 59.8 Å². The van der Waals surface area contributed by atoms with Crippen LogP contribution in [0.2, 0.25) is 5.02 Å². The van der Waals surface area contributed by atoms with E-state index in [1.165, 1.54) is 18.9 Å². The maximum atomic E-state index is 12.3. The zero-order valence-corrected chi connectivity index (χ0v) is 17.7. The lowest BCUT2D eigenvalue weighted by Gasteiger charge is -2.11. The van der Waals surface area contributed by atoms with Crippen molar-refractivity contribution in [3.8, 4) is 17.6 Å². The molecule has 6 nitrogen and oxygen atoms in total. The third-order valence-electron chi connectivity index (χ3n) is 3.57. The molecule has 0 aromatic heterocycles. The quantitative estimate of drug-likeness (QED) is 0.618. The SMILES string of the molecule is COc1cc(C=C2SC(=Nc3ccc(Cl)cc3)NC2=O)c(Br)cc1OCC#N. The largest absolute Gasteiger partial charge is 0.493 e. The summed E-state index contributed by atoms with van der Waals surface area (Å²) < 4.78 is 11.4. The molecule has 1 saturated heterocycles. The Kier molecular flexibility index (Phi) is 6.62. The molecule has 28 heavy (non-hydrogen) atoms. The monoisotopic (exact) mass is 477 g/mol. The number of carbonyl (C=O) groups is 1. The first-order valence-corrected chi connectivity index (χ1v) is 9.91. The Labute approximate surface area is 179 Å². The number of methoxy groups -OCH3 is 1. The van der Waals surface area contributed by atoms with Crippen LogP contribution in [-0.2, 0) is 4.79 Å². The van der Waals surface area contributed by atoms with E-state index in [-0.39, 0.29) is 12.5 Å². The van der Waals surface area contributed by atoms with E-state index in [9.17, 15) is 4.79 Å². The molecule has 2 aromatic carbocycles. The van der Waals surface area contributed by atoms with Crippen LogP contribution in [-0.4, -0.2) is 24.8 Å². The highest BCUT2D eigenvalue weighted by Crippen LogP contribution is 2.36. The van der Waals surface area contributed by atoms with Crippen LogP contribution >= 0.6 is 39.3 Å². The average Bonchev–Trinajstić information content (AvgIpc) is 3.02. The van der Waals surface area contributed by atoms with Crippen molar-refractivity contribution >= 4 is 62.1 Å². The molecule has 1 aliphatic rings. The number of benzene rings is 2. The molecule has 3 rings (SSSR count). The Bertz CT molecular complexity index is 1020. The molecule has 0 unspecified atom stereocenters. The van der Waals surface area contributed by atoms with Crippen LogP contribution in [0.5, 0.6) is 11.5 Å². The molecule has 142 valence electrons. The van der Waals surface area contributed by atoms with Gasteiger partial charge in [-0.1, -0.05) is 27.5 Å². The summed E-state index contributed by atoms with van der Waals surface area (Å²) in [5, 5.41) is 12.5. The third kappa shape index (κ3) is 4.87. The van der Waals surface area contributed by atoms with Crippen LogP contribution in [0.1, 0.15) is 5.56 Å². The highest BCUT2D eigenvalue weighted by atomic mass is 79.9. The molecule has 0 atom stereocenters. The minimum atomic E-state index is -0.242. The molecule has 1 aliphatic heterocycles. The van der Waals surface area contributed by atoms with Gasteiger partial charge in [0.15, 0.2) is 23.3 Å². The summed E-state index contributed by atoms with van der Waals surface area (Å²) in [6, 6.07) is 12.3. The van der Waals surface area contributed by atoms with E-state index >= 15 is 0 Å². The van der Waals surface area contributed by atoms with E-state index in [1.807, 2.05) is 6.07 Å². The molecular formula is C19H13BrClN3O3S. The second-order valence-corrected chi connectivity index (χ2v) is 7.75. The summed E-state index contributed by atoms with van der Waals surface area (Å²) in [6.07, 6.45) is 1.73. The number of ether oxygens (including phenoxy) is 2. The van der Waals surface area contributed by atoms with Gasteiger partial charge in [0, 0.05) is 9.50 Å². The number of aliphatic imine (C=N–C) groups is 1. The van der Waals surface area contributed by atoms with Crippen molar-refractivity contribution in [2.45, 2.75) is 0 Å². The number of rotatable bonds is 5. The van der Waals surface area contributed by atoms with Gasteiger partial charge in [-0.3, -0.25) is 4.79 Å². The smallest absolute Gasteiger partial charge is 0.264 e. The van der Waals surface area contributed by atoms with Gasteiger partial charge >= 0.3 is 0 Å². The Balaban J connectivity index is 1.86. The molecule has 0 spiro atoms. The minimum Gasteiger partial charge on any atom is -0.493 e. The van der Waals surface area contributed by atoms with E-state index < -0.39 is 0 Å². The van der Waals surface area contributed by atoms with Gasteiger partial charge in [0.05, 0.1) is 17.7 Å². The summed E-state index contributed by atoms with van der Waals surface area (Å²) in [7, 11) is 1.51. The minimum absolute atomic E-state index is 0.0913. The zero-order valence-electron chi connectivity index (χ0n) is 14.5. The number of carbonyl (C=O) groups excluding carboxylic acids is 1. The number of halogens is 2. The molecule has 1 amide bonds. The second kappa shape index (κ2) is 9.15. The Morgan fingerprint density at radius 2 is 2.07 bits per heavy atom. The van der Waals surface area contributed by atoms with Crippen molar-refractivity contribution in [1.82, 2.24) is 5.32 Å². The summed E-state index contributed by atoms with van der Waals surface area (Å²) >= 11 is 10.6. The highest BCUT2D eigenvalue weighted by Gasteiger charge is 2.24. The first-order valence-electron chi connectivity index (χ1n) is 7.92. The van der Waals surface area contributed by atoms with Crippen molar-refractivity contribution in [2.24, 2.45) is 4.99 Å². The average molecular weight is 479 g/mol. The van der Waals surface area contributed by atoms with E-state index in [1.54, 1.807) is 42.5 Å². The summed E-state index contributed by atoms with van der Waals surface area (Å²) in [6.45, 7) is -0.0913. The topological polar surface area (TPSA) is 83.7 Å². The molecular weight excluding hydrogens is 466 g/mol. The van der Waals surface area contributed by atoms with Gasteiger partial charge in [-0.2, -0.15) is 5.26 Å². The summed E-state index contributed by atoms with van der Waals surface area (Å²) in [4.78, 5) is 17.2. The van der Waals surface area contributed by atoms with Gasteiger partial charge in [-0.15, -0.1) is 0 Å². The fourth-order valence-electron chi connectivity index (χ4n) is 2.30. The molecule has 0 radical (unpaired) electrons. The molecule has 0 saturated carbocycles. The van der Waals surface area contributed by atoms with Gasteiger partial charge in [-0.25, -0.2) is 4.99 Å². The van der Waals surface area contributed by atoms with Crippen molar-refractivity contribution in [1.29, 1.82) is 5.26 Å². The lowest BCUT2D eigenvalue weighted by atomic mass is 10.2. The number of hydrogen-bond acceptors (Lipinski definition) is 6. The molecule has 1 heterocycles. The summed E-state index contributed by atoms with van der Waals surface area (Å²) in [5.74, 6) is 0.656. The van der Waals surface area contributed by atoms with Gasteiger partial charge in [0.2, 0.25) is 0 Å².